The Kier molecular flexibility index (Phi) is 3.74. The van der Waals surface area contributed by atoms with E-state index in [2.05, 4.69) is 24.2 Å². The Bertz CT molecular complexity index is 862. The number of carboxylic acids is 1. The molecule has 22 heavy (non-hydrogen) atoms. The molecule has 0 atom stereocenters. The minimum Gasteiger partial charge on any atom is -0.478 e. The second kappa shape index (κ2) is 5.85. The number of aryl methyl sites for hydroxylation is 1. The molecular weight excluding hydrogens is 276 g/mol. The third-order valence-corrected chi connectivity index (χ3v) is 3.65. The number of aromatic nitrogens is 2. The zero-order valence-corrected chi connectivity index (χ0v) is 12.2. The first kappa shape index (κ1) is 14.1. The van der Waals surface area contributed by atoms with Gasteiger partial charge in [0.2, 0.25) is 0 Å². The van der Waals surface area contributed by atoms with Crippen LogP contribution in [0.2, 0.25) is 0 Å². The van der Waals surface area contributed by atoms with Gasteiger partial charge in [-0.25, -0.2) is 4.79 Å². The number of carboxylic acid groups (broad SMARTS) is 1. The lowest BCUT2D eigenvalue weighted by atomic mass is 10.1. The van der Waals surface area contributed by atoms with Crippen LogP contribution in [0.5, 0.6) is 0 Å². The molecule has 4 nitrogen and oxygen atoms in total. The largest absolute Gasteiger partial charge is 0.478 e. The first-order valence-corrected chi connectivity index (χ1v) is 7.06. The fraction of sp³-hybridized carbons (Fsp3) is 0.111. The van der Waals surface area contributed by atoms with Crippen LogP contribution in [0.15, 0.2) is 54.6 Å². The molecule has 110 valence electrons. The van der Waals surface area contributed by atoms with Crippen molar-refractivity contribution in [2.24, 2.45) is 0 Å². The topological polar surface area (TPSA) is 55.1 Å². The van der Waals surface area contributed by atoms with Gasteiger partial charge in [-0.1, -0.05) is 42.5 Å². The van der Waals surface area contributed by atoms with Gasteiger partial charge in [0, 0.05) is 11.5 Å². The number of hydrogen-bond donors (Lipinski definition) is 1. The highest BCUT2D eigenvalue weighted by molar-refractivity contribution is 5.92. The van der Waals surface area contributed by atoms with Crippen molar-refractivity contribution in [1.29, 1.82) is 0 Å². The minimum atomic E-state index is -0.975. The van der Waals surface area contributed by atoms with E-state index >= 15 is 0 Å². The second-order valence-corrected chi connectivity index (χ2v) is 5.16. The Hall–Kier alpha value is -2.88. The summed E-state index contributed by atoms with van der Waals surface area (Å²) in [5.41, 5.74) is 4.08. The van der Waals surface area contributed by atoms with Crippen molar-refractivity contribution in [3.63, 3.8) is 0 Å². The van der Waals surface area contributed by atoms with Gasteiger partial charge in [-0.05, 0) is 30.2 Å². The molecule has 3 aromatic rings. The lowest BCUT2D eigenvalue weighted by molar-refractivity contribution is -0.131. The average Bonchev–Trinajstić information content (AvgIpc) is 2.86. The Morgan fingerprint density at radius 1 is 1.18 bits per heavy atom. The highest BCUT2D eigenvalue weighted by Crippen LogP contribution is 2.21. The van der Waals surface area contributed by atoms with Gasteiger partial charge in [0.1, 0.15) is 0 Å². The summed E-state index contributed by atoms with van der Waals surface area (Å²) in [6.07, 6.45) is 2.66. The zero-order chi connectivity index (χ0) is 15.5. The summed E-state index contributed by atoms with van der Waals surface area (Å²) in [6.45, 7) is 2.74. The zero-order valence-electron chi connectivity index (χ0n) is 12.2. The lowest BCUT2D eigenvalue weighted by Crippen LogP contribution is -2.03. The molecule has 3 rings (SSSR count). The summed E-state index contributed by atoms with van der Waals surface area (Å²) in [4.78, 5) is 10.7. The van der Waals surface area contributed by atoms with Crippen LogP contribution in [0.3, 0.4) is 0 Å². The SMILES string of the molecule is Cc1ccccc1Cn1nc(/C=C/C(=O)O)c2ccccc21. The van der Waals surface area contributed by atoms with Gasteiger partial charge in [-0.3, -0.25) is 4.68 Å². The van der Waals surface area contributed by atoms with E-state index in [-0.39, 0.29) is 0 Å². The van der Waals surface area contributed by atoms with Crippen molar-refractivity contribution in [1.82, 2.24) is 9.78 Å². The molecule has 0 radical (unpaired) electrons. The highest BCUT2D eigenvalue weighted by Gasteiger charge is 2.09. The van der Waals surface area contributed by atoms with Gasteiger partial charge in [0.15, 0.2) is 0 Å². The average molecular weight is 292 g/mol. The van der Waals surface area contributed by atoms with Crippen LogP contribution in [0, 0.1) is 6.92 Å². The number of para-hydroxylation sites is 1. The minimum absolute atomic E-state index is 0.661. The van der Waals surface area contributed by atoms with E-state index in [9.17, 15) is 4.79 Å². The number of carbonyl (C=O) groups is 1. The van der Waals surface area contributed by atoms with Crippen LogP contribution in [0.1, 0.15) is 16.8 Å². The van der Waals surface area contributed by atoms with Crippen molar-refractivity contribution in [2.45, 2.75) is 13.5 Å². The van der Waals surface area contributed by atoms with Gasteiger partial charge in [0.25, 0.3) is 0 Å². The summed E-state index contributed by atoms with van der Waals surface area (Å²) in [6, 6.07) is 16.0. The van der Waals surface area contributed by atoms with Gasteiger partial charge in [-0.15, -0.1) is 0 Å². The smallest absolute Gasteiger partial charge is 0.328 e. The fourth-order valence-electron chi connectivity index (χ4n) is 2.50. The quantitative estimate of drug-likeness (QED) is 0.749. The number of fused-ring (bicyclic) bond motifs is 1. The Morgan fingerprint density at radius 2 is 1.91 bits per heavy atom. The maximum absolute atomic E-state index is 10.7. The number of aliphatic carboxylic acids is 1. The van der Waals surface area contributed by atoms with Gasteiger partial charge >= 0.3 is 5.97 Å². The Balaban J connectivity index is 2.07. The summed E-state index contributed by atoms with van der Waals surface area (Å²) in [7, 11) is 0. The van der Waals surface area contributed by atoms with Crippen molar-refractivity contribution >= 4 is 22.9 Å². The van der Waals surface area contributed by atoms with E-state index < -0.39 is 5.97 Å². The third kappa shape index (κ3) is 2.76. The van der Waals surface area contributed by atoms with Crippen LogP contribution >= 0.6 is 0 Å². The molecule has 0 aliphatic heterocycles. The summed E-state index contributed by atoms with van der Waals surface area (Å²) >= 11 is 0. The van der Waals surface area contributed by atoms with Crippen molar-refractivity contribution < 1.29 is 9.90 Å². The second-order valence-electron chi connectivity index (χ2n) is 5.16. The lowest BCUT2D eigenvalue weighted by Gasteiger charge is -2.06. The molecule has 0 aliphatic rings. The Labute approximate surface area is 128 Å². The molecule has 1 aromatic heterocycles. The molecule has 4 heteroatoms. The van der Waals surface area contributed by atoms with Crippen molar-refractivity contribution in [2.75, 3.05) is 0 Å². The van der Waals surface area contributed by atoms with Gasteiger partial charge in [-0.2, -0.15) is 5.10 Å². The molecule has 0 saturated carbocycles. The van der Waals surface area contributed by atoms with E-state index in [1.165, 1.54) is 11.1 Å². The number of rotatable bonds is 4. The molecular formula is C18H16N2O2. The summed E-state index contributed by atoms with van der Waals surface area (Å²) in [5.74, 6) is -0.975. The van der Waals surface area contributed by atoms with Gasteiger partial charge in [0.05, 0.1) is 17.8 Å². The van der Waals surface area contributed by atoms with Crippen LogP contribution in [0.4, 0.5) is 0 Å². The first-order valence-electron chi connectivity index (χ1n) is 7.06. The van der Waals surface area contributed by atoms with E-state index in [0.29, 0.717) is 12.2 Å². The van der Waals surface area contributed by atoms with E-state index in [4.69, 9.17) is 5.11 Å². The third-order valence-electron chi connectivity index (χ3n) is 3.65. The normalized spacial score (nSPS) is 11.3. The van der Waals surface area contributed by atoms with Crippen LogP contribution < -0.4 is 0 Å². The predicted octanol–water partition coefficient (Wildman–Crippen LogP) is 3.49. The summed E-state index contributed by atoms with van der Waals surface area (Å²) < 4.78 is 1.92. The molecule has 0 amide bonds. The molecule has 2 aromatic carbocycles. The van der Waals surface area contributed by atoms with E-state index in [1.807, 2.05) is 41.1 Å². The molecule has 0 bridgehead atoms. The van der Waals surface area contributed by atoms with Crippen LogP contribution in [0.25, 0.3) is 17.0 Å². The molecule has 1 N–H and O–H groups in total. The van der Waals surface area contributed by atoms with E-state index in [1.54, 1.807) is 6.08 Å². The van der Waals surface area contributed by atoms with Crippen LogP contribution in [-0.4, -0.2) is 20.9 Å². The highest BCUT2D eigenvalue weighted by atomic mass is 16.4. The van der Waals surface area contributed by atoms with Gasteiger partial charge < -0.3 is 5.11 Å². The first-order chi connectivity index (χ1) is 10.6. The predicted molar refractivity (Wildman–Crippen MR) is 86.7 cm³/mol. The molecule has 0 unspecified atom stereocenters. The molecule has 0 fully saturated rings. The summed E-state index contributed by atoms with van der Waals surface area (Å²) in [5, 5.41) is 14.3. The number of benzene rings is 2. The molecule has 1 heterocycles. The monoisotopic (exact) mass is 292 g/mol. The molecule has 0 aliphatic carbocycles. The number of nitrogens with zero attached hydrogens (tertiary/aromatic N) is 2. The fourth-order valence-corrected chi connectivity index (χ4v) is 2.50. The molecule has 0 saturated heterocycles. The van der Waals surface area contributed by atoms with Crippen LogP contribution in [-0.2, 0) is 11.3 Å². The Morgan fingerprint density at radius 3 is 2.68 bits per heavy atom. The van der Waals surface area contributed by atoms with Crippen molar-refractivity contribution in [3.05, 3.63) is 71.4 Å². The number of hydrogen-bond acceptors (Lipinski definition) is 2. The van der Waals surface area contributed by atoms with E-state index in [0.717, 1.165) is 17.0 Å². The van der Waals surface area contributed by atoms with Crippen molar-refractivity contribution in [3.8, 4) is 0 Å². The maximum atomic E-state index is 10.7. The molecule has 0 spiro atoms. The standard InChI is InChI=1S/C18H16N2O2/c1-13-6-2-3-7-14(13)12-20-17-9-5-4-8-15(17)16(19-20)10-11-18(21)22/h2-11H,12H2,1H3,(H,21,22)/b11-10+. The maximum Gasteiger partial charge on any atom is 0.328 e.